The van der Waals surface area contributed by atoms with E-state index >= 15 is 0 Å². The molecule has 0 aromatic heterocycles. The van der Waals surface area contributed by atoms with Gasteiger partial charge in [0.05, 0.1) is 18.1 Å². The lowest BCUT2D eigenvalue weighted by atomic mass is 9.73. The first-order valence-corrected chi connectivity index (χ1v) is 5.81. The van der Waals surface area contributed by atoms with Gasteiger partial charge in [0.2, 0.25) is 0 Å². The van der Waals surface area contributed by atoms with Crippen molar-refractivity contribution in [3.8, 4) is 0 Å². The SMILES string of the molecule is COCC1(C(C)OC)C(C)=C(C)C(C)=C1C. The topological polar surface area (TPSA) is 18.5 Å². The van der Waals surface area contributed by atoms with Crippen LogP contribution in [0.2, 0.25) is 0 Å². The predicted molar refractivity (Wildman–Crippen MR) is 67.5 cm³/mol. The highest BCUT2D eigenvalue weighted by Crippen LogP contribution is 2.49. The molecule has 0 spiro atoms. The van der Waals surface area contributed by atoms with Crippen LogP contribution in [0.1, 0.15) is 34.6 Å². The summed E-state index contributed by atoms with van der Waals surface area (Å²) in [7, 11) is 3.53. The fourth-order valence-electron chi connectivity index (χ4n) is 2.89. The molecule has 1 rings (SSSR count). The van der Waals surface area contributed by atoms with E-state index in [1.54, 1.807) is 14.2 Å². The molecule has 1 atom stereocenters. The first-order chi connectivity index (χ1) is 7.43. The van der Waals surface area contributed by atoms with Crippen molar-refractivity contribution in [3.05, 3.63) is 22.3 Å². The van der Waals surface area contributed by atoms with E-state index in [-0.39, 0.29) is 11.5 Å². The van der Waals surface area contributed by atoms with Crippen LogP contribution in [0, 0.1) is 5.41 Å². The van der Waals surface area contributed by atoms with E-state index < -0.39 is 0 Å². The van der Waals surface area contributed by atoms with Crippen LogP contribution in [-0.4, -0.2) is 26.9 Å². The molecular formula is C14H24O2. The van der Waals surface area contributed by atoms with Gasteiger partial charge in [-0.05, 0) is 45.8 Å². The lowest BCUT2D eigenvalue weighted by Gasteiger charge is -2.37. The molecule has 92 valence electrons. The highest BCUT2D eigenvalue weighted by Gasteiger charge is 2.45. The Hall–Kier alpha value is -0.600. The Morgan fingerprint density at radius 1 is 1.00 bits per heavy atom. The maximum absolute atomic E-state index is 5.58. The van der Waals surface area contributed by atoms with Crippen LogP contribution in [0.3, 0.4) is 0 Å². The fraction of sp³-hybridized carbons (Fsp3) is 0.714. The third kappa shape index (κ3) is 1.64. The molecule has 2 heteroatoms. The second-order valence-corrected chi connectivity index (χ2v) is 4.78. The maximum atomic E-state index is 5.58. The number of methoxy groups -OCH3 is 2. The van der Waals surface area contributed by atoms with Gasteiger partial charge in [-0.1, -0.05) is 11.1 Å². The fourth-order valence-corrected chi connectivity index (χ4v) is 2.89. The molecule has 0 N–H and O–H groups in total. The zero-order valence-corrected chi connectivity index (χ0v) is 11.6. The normalized spacial score (nSPS) is 21.9. The van der Waals surface area contributed by atoms with Crippen LogP contribution in [0.25, 0.3) is 0 Å². The summed E-state index contributed by atoms with van der Waals surface area (Å²) in [4.78, 5) is 0. The first-order valence-electron chi connectivity index (χ1n) is 5.81. The summed E-state index contributed by atoms with van der Waals surface area (Å²) in [5, 5.41) is 0. The monoisotopic (exact) mass is 224 g/mol. The molecule has 0 bridgehead atoms. The Labute approximate surface area is 99.3 Å². The number of rotatable bonds is 4. The third-order valence-corrected chi connectivity index (χ3v) is 4.45. The largest absolute Gasteiger partial charge is 0.383 e. The molecule has 1 aliphatic carbocycles. The van der Waals surface area contributed by atoms with Crippen molar-refractivity contribution in [2.45, 2.75) is 40.7 Å². The minimum Gasteiger partial charge on any atom is -0.383 e. The molecule has 0 heterocycles. The van der Waals surface area contributed by atoms with Crippen molar-refractivity contribution in [3.63, 3.8) is 0 Å². The highest BCUT2D eigenvalue weighted by molar-refractivity contribution is 5.51. The Morgan fingerprint density at radius 3 is 1.75 bits per heavy atom. The van der Waals surface area contributed by atoms with Crippen molar-refractivity contribution < 1.29 is 9.47 Å². The molecule has 16 heavy (non-hydrogen) atoms. The summed E-state index contributed by atoms with van der Waals surface area (Å²) in [5.41, 5.74) is 5.48. The van der Waals surface area contributed by atoms with E-state index in [0.717, 1.165) is 0 Å². The van der Waals surface area contributed by atoms with Crippen LogP contribution in [0.15, 0.2) is 22.3 Å². The Kier molecular flexibility index (Phi) is 3.97. The highest BCUT2D eigenvalue weighted by atomic mass is 16.5. The van der Waals surface area contributed by atoms with Gasteiger partial charge in [0.15, 0.2) is 0 Å². The van der Waals surface area contributed by atoms with Crippen LogP contribution in [-0.2, 0) is 9.47 Å². The average Bonchev–Trinajstić information content (AvgIpc) is 2.44. The number of ether oxygens (including phenoxy) is 2. The standard InChI is InChI=1S/C14H24O2/c1-9-10(2)12(4)14(8-15-6,11(9)3)13(5)16-7/h13H,8H2,1-7H3. The van der Waals surface area contributed by atoms with Crippen molar-refractivity contribution in [1.82, 2.24) is 0 Å². The summed E-state index contributed by atoms with van der Waals surface area (Å²) in [6.45, 7) is 11.6. The van der Waals surface area contributed by atoms with Gasteiger partial charge in [-0.3, -0.25) is 0 Å². The summed E-state index contributed by atoms with van der Waals surface area (Å²) >= 11 is 0. The summed E-state index contributed by atoms with van der Waals surface area (Å²) < 4.78 is 11.0. The lowest BCUT2D eigenvalue weighted by Crippen LogP contribution is -2.39. The third-order valence-electron chi connectivity index (χ3n) is 4.45. The minimum atomic E-state index is -0.0718. The van der Waals surface area contributed by atoms with Gasteiger partial charge < -0.3 is 9.47 Å². The van der Waals surface area contributed by atoms with Gasteiger partial charge in [0.1, 0.15) is 0 Å². The van der Waals surface area contributed by atoms with E-state index in [2.05, 4.69) is 34.6 Å². The van der Waals surface area contributed by atoms with Gasteiger partial charge in [0, 0.05) is 14.2 Å². The number of hydrogen-bond donors (Lipinski definition) is 0. The molecule has 0 saturated heterocycles. The molecule has 2 nitrogen and oxygen atoms in total. The van der Waals surface area contributed by atoms with Crippen molar-refractivity contribution in [2.24, 2.45) is 5.41 Å². The number of hydrogen-bond acceptors (Lipinski definition) is 2. The Bertz CT molecular complexity index is 313. The van der Waals surface area contributed by atoms with Crippen molar-refractivity contribution in [2.75, 3.05) is 20.8 Å². The van der Waals surface area contributed by atoms with Crippen molar-refractivity contribution in [1.29, 1.82) is 0 Å². The maximum Gasteiger partial charge on any atom is 0.0696 e. The zero-order chi connectivity index (χ0) is 12.5. The van der Waals surface area contributed by atoms with Gasteiger partial charge in [-0.25, -0.2) is 0 Å². The van der Waals surface area contributed by atoms with E-state index in [4.69, 9.17) is 9.47 Å². The summed E-state index contributed by atoms with van der Waals surface area (Å²) in [5.74, 6) is 0. The molecule has 1 aliphatic rings. The molecule has 0 fully saturated rings. The lowest BCUT2D eigenvalue weighted by molar-refractivity contribution is -0.00255. The quantitative estimate of drug-likeness (QED) is 0.729. The van der Waals surface area contributed by atoms with Crippen molar-refractivity contribution >= 4 is 0 Å². The number of allylic oxidation sites excluding steroid dienone is 2. The molecule has 0 aliphatic heterocycles. The van der Waals surface area contributed by atoms with Crippen LogP contribution in [0.5, 0.6) is 0 Å². The second-order valence-electron chi connectivity index (χ2n) is 4.78. The molecular weight excluding hydrogens is 200 g/mol. The molecule has 0 aromatic carbocycles. The molecule has 0 aromatic rings. The first kappa shape index (κ1) is 13.5. The van der Waals surface area contributed by atoms with Crippen LogP contribution in [0.4, 0.5) is 0 Å². The smallest absolute Gasteiger partial charge is 0.0696 e. The second kappa shape index (κ2) is 4.72. The van der Waals surface area contributed by atoms with Gasteiger partial charge >= 0.3 is 0 Å². The van der Waals surface area contributed by atoms with E-state index in [1.165, 1.54) is 22.3 Å². The molecule has 0 saturated carbocycles. The van der Waals surface area contributed by atoms with Crippen LogP contribution < -0.4 is 0 Å². The minimum absolute atomic E-state index is 0.0718. The van der Waals surface area contributed by atoms with E-state index in [0.29, 0.717) is 6.61 Å². The van der Waals surface area contributed by atoms with E-state index in [1.807, 2.05) is 0 Å². The average molecular weight is 224 g/mol. The van der Waals surface area contributed by atoms with Gasteiger partial charge in [0.25, 0.3) is 0 Å². The van der Waals surface area contributed by atoms with Crippen LogP contribution >= 0.6 is 0 Å². The summed E-state index contributed by atoms with van der Waals surface area (Å²) in [6.07, 6.45) is 0.139. The predicted octanol–water partition coefficient (Wildman–Crippen LogP) is 3.34. The Morgan fingerprint density at radius 2 is 1.44 bits per heavy atom. The zero-order valence-electron chi connectivity index (χ0n) is 11.6. The van der Waals surface area contributed by atoms with Gasteiger partial charge in [-0.15, -0.1) is 0 Å². The summed E-state index contributed by atoms with van der Waals surface area (Å²) in [6, 6.07) is 0. The molecule has 1 unspecified atom stereocenters. The van der Waals surface area contributed by atoms with Gasteiger partial charge in [-0.2, -0.15) is 0 Å². The van der Waals surface area contributed by atoms with E-state index in [9.17, 15) is 0 Å². The Balaban J connectivity index is 3.32. The molecule has 0 radical (unpaired) electrons. The molecule has 0 amide bonds.